The van der Waals surface area contributed by atoms with Crippen molar-refractivity contribution in [1.29, 1.82) is 0 Å². The predicted octanol–water partition coefficient (Wildman–Crippen LogP) is 3.51. The molecule has 2 N–H and O–H groups in total. The highest BCUT2D eigenvalue weighted by Gasteiger charge is 2.40. The molecule has 3 atom stereocenters. The van der Waals surface area contributed by atoms with Crippen LogP contribution in [0.4, 0.5) is 0 Å². The van der Waals surface area contributed by atoms with Gasteiger partial charge in [-0.3, -0.25) is 14.4 Å². The Morgan fingerprint density at radius 1 is 1.08 bits per heavy atom. The Bertz CT molecular complexity index is 1100. The Balaban J connectivity index is 1.82. The number of likely N-dealkylation sites (N-methyl/N-ethyl adjacent to an activating group) is 1. The van der Waals surface area contributed by atoms with E-state index in [1.54, 1.807) is 45.3 Å². The largest absolute Gasteiger partial charge is 0.497 e. The molecule has 1 heterocycles. The molecule has 212 valence electrons. The topological polar surface area (TPSA) is 91.0 Å². The molecule has 0 radical (unpaired) electrons. The smallest absolute Gasteiger partial charge is 0.253 e. The Morgan fingerprint density at radius 2 is 1.74 bits per heavy atom. The number of amides is 3. The molecule has 1 aliphatic rings. The van der Waals surface area contributed by atoms with Crippen molar-refractivity contribution >= 4 is 17.7 Å². The Hall–Kier alpha value is -3.39. The average molecular weight is 537 g/mol. The summed E-state index contributed by atoms with van der Waals surface area (Å²) >= 11 is 0. The maximum Gasteiger partial charge on any atom is 0.253 e. The number of nitrogens with zero attached hydrogens (tertiary/aromatic N) is 2. The highest BCUT2D eigenvalue weighted by molar-refractivity contribution is 5.94. The van der Waals surface area contributed by atoms with Gasteiger partial charge < -0.3 is 25.2 Å². The van der Waals surface area contributed by atoms with E-state index in [-0.39, 0.29) is 23.8 Å². The van der Waals surface area contributed by atoms with Gasteiger partial charge in [0.2, 0.25) is 11.8 Å². The number of carbonyl (C=O) groups is 3. The molecule has 1 aliphatic heterocycles. The average Bonchev–Trinajstić information content (AvgIpc) is 3.40. The van der Waals surface area contributed by atoms with Crippen molar-refractivity contribution in [2.24, 2.45) is 5.41 Å². The van der Waals surface area contributed by atoms with Crippen LogP contribution in [-0.2, 0) is 16.0 Å². The van der Waals surface area contributed by atoms with Crippen LogP contribution in [0.3, 0.4) is 0 Å². The van der Waals surface area contributed by atoms with Crippen molar-refractivity contribution in [2.75, 3.05) is 33.8 Å². The lowest BCUT2D eigenvalue weighted by atomic mass is 9.85. The molecule has 39 heavy (non-hydrogen) atoms. The monoisotopic (exact) mass is 536 g/mol. The summed E-state index contributed by atoms with van der Waals surface area (Å²) in [6, 6.07) is 16.0. The summed E-state index contributed by atoms with van der Waals surface area (Å²) in [5.41, 5.74) is 1.26. The molecule has 0 bridgehead atoms. The van der Waals surface area contributed by atoms with E-state index in [1.165, 1.54) is 0 Å². The van der Waals surface area contributed by atoms with Crippen LogP contribution >= 0.6 is 0 Å². The van der Waals surface area contributed by atoms with Crippen molar-refractivity contribution in [3.05, 3.63) is 65.7 Å². The van der Waals surface area contributed by atoms with Gasteiger partial charge in [-0.05, 0) is 68.5 Å². The van der Waals surface area contributed by atoms with Crippen molar-refractivity contribution < 1.29 is 19.1 Å². The fourth-order valence-electron chi connectivity index (χ4n) is 4.88. The number of likely N-dealkylation sites (tertiary alicyclic amines) is 1. The van der Waals surface area contributed by atoms with Gasteiger partial charge in [0.15, 0.2) is 0 Å². The lowest BCUT2D eigenvalue weighted by Crippen LogP contribution is -2.59. The zero-order valence-electron chi connectivity index (χ0n) is 24.2. The molecular formula is C31H44N4O4. The van der Waals surface area contributed by atoms with Crippen LogP contribution in [0, 0.1) is 5.41 Å². The molecule has 0 spiro atoms. The summed E-state index contributed by atoms with van der Waals surface area (Å²) in [5.74, 6) is 0.316. The first-order valence-corrected chi connectivity index (χ1v) is 13.8. The van der Waals surface area contributed by atoms with Gasteiger partial charge in [0.1, 0.15) is 11.8 Å². The molecule has 0 aliphatic carbocycles. The van der Waals surface area contributed by atoms with Crippen LogP contribution in [0.25, 0.3) is 0 Å². The van der Waals surface area contributed by atoms with Gasteiger partial charge >= 0.3 is 0 Å². The number of hydrogen-bond acceptors (Lipinski definition) is 5. The second kappa shape index (κ2) is 13.6. The van der Waals surface area contributed by atoms with Crippen LogP contribution < -0.4 is 15.4 Å². The molecule has 2 aromatic rings. The van der Waals surface area contributed by atoms with E-state index in [0.29, 0.717) is 37.4 Å². The summed E-state index contributed by atoms with van der Waals surface area (Å²) in [6.07, 6.45) is 2.38. The Morgan fingerprint density at radius 3 is 2.33 bits per heavy atom. The minimum absolute atomic E-state index is 0.0728. The van der Waals surface area contributed by atoms with Crippen molar-refractivity contribution in [3.8, 4) is 5.75 Å². The quantitative estimate of drug-likeness (QED) is 0.459. The van der Waals surface area contributed by atoms with E-state index in [4.69, 9.17) is 4.74 Å². The van der Waals surface area contributed by atoms with E-state index >= 15 is 0 Å². The zero-order chi connectivity index (χ0) is 28.6. The third-order valence-corrected chi connectivity index (χ3v) is 7.45. The van der Waals surface area contributed by atoms with Gasteiger partial charge in [0.05, 0.1) is 13.2 Å². The summed E-state index contributed by atoms with van der Waals surface area (Å²) < 4.78 is 5.26. The molecule has 1 saturated heterocycles. The number of benzene rings is 2. The number of nitrogens with one attached hydrogen (secondary N) is 2. The first-order valence-electron chi connectivity index (χ1n) is 13.8. The van der Waals surface area contributed by atoms with Gasteiger partial charge in [-0.2, -0.15) is 0 Å². The summed E-state index contributed by atoms with van der Waals surface area (Å²) in [4.78, 5) is 44.0. The van der Waals surface area contributed by atoms with E-state index in [1.807, 2.05) is 48.8 Å². The number of ether oxygens (including phenoxy) is 1. The van der Waals surface area contributed by atoms with Crippen LogP contribution in [0.15, 0.2) is 54.6 Å². The van der Waals surface area contributed by atoms with E-state index in [2.05, 4.69) is 22.8 Å². The molecular weight excluding hydrogens is 492 g/mol. The zero-order valence-corrected chi connectivity index (χ0v) is 24.2. The highest BCUT2D eigenvalue weighted by Crippen LogP contribution is 2.27. The summed E-state index contributed by atoms with van der Waals surface area (Å²) in [7, 11) is 3.32. The summed E-state index contributed by atoms with van der Waals surface area (Å²) in [6.45, 7) is 9.23. The van der Waals surface area contributed by atoms with E-state index in [9.17, 15) is 14.4 Å². The van der Waals surface area contributed by atoms with E-state index < -0.39 is 17.5 Å². The Labute approximate surface area is 233 Å². The maximum absolute atomic E-state index is 13.9. The third-order valence-electron chi connectivity index (χ3n) is 7.45. The van der Waals surface area contributed by atoms with Crippen molar-refractivity contribution in [3.63, 3.8) is 0 Å². The molecule has 3 amide bonds. The van der Waals surface area contributed by atoms with Crippen molar-refractivity contribution in [1.82, 2.24) is 20.4 Å². The van der Waals surface area contributed by atoms with Crippen LogP contribution in [-0.4, -0.2) is 79.4 Å². The van der Waals surface area contributed by atoms with Gasteiger partial charge in [0.25, 0.3) is 5.91 Å². The number of rotatable bonds is 11. The standard InChI is InChI=1S/C31H44N4O4/c1-22(32-5)28(36)33-27(31(2,3)4)30(38)35-19-10-13-25(35)21-34(20-18-23-11-8-7-9-12-23)29(37)24-14-16-26(39-6)17-15-24/h7-9,11-12,14-17,22,25,27,32H,10,13,18-21H2,1-6H3,(H,33,36)/t22-,25-,27+/m0/s1. The molecule has 0 unspecified atom stereocenters. The van der Waals surface area contributed by atoms with Crippen LogP contribution in [0.1, 0.15) is 56.5 Å². The number of methoxy groups -OCH3 is 1. The van der Waals surface area contributed by atoms with Gasteiger partial charge in [-0.1, -0.05) is 51.1 Å². The fraction of sp³-hybridized carbons (Fsp3) is 0.516. The fourth-order valence-corrected chi connectivity index (χ4v) is 4.88. The van der Waals surface area contributed by atoms with E-state index in [0.717, 1.165) is 18.4 Å². The van der Waals surface area contributed by atoms with Gasteiger partial charge in [-0.15, -0.1) is 0 Å². The van der Waals surface area contributed by atoms with Gasteiger partial charge in [-0.25, -0.2) is 0 Å². The molecule has 8 nitrogen and oxygen atoms in total. The molecule has 2 aromatic carbocycles. The molecule has 8 heteroatoms. The van der Waals surface area contributed by atoms with Crippen LogP contribution in [0.2, 0.25) is 0 Å². The Kier molecular flexibility index (Phi) is 10.5. The molecule has 1 fully saturated rings. The maximum atomic E-state index is 13.9. The SMILES string of the molecule is CN[C@@H](C)C(=O)N[C@H](C(=O)N1CCC[C@H]1CN(CCc1ccccc1)C(=O)c1ccc(OC)cc1)C(C)(C)C. The molecule has 0 aromatic heterocycles. The predicted molar refractivity (Wildman–Crippen MR) is 154 cm³/mol. The highest BCUT2D eigenvalue weighted by atomic mass is 16.5. The normalized spacial score (nSPS) is 16.9. The molecule has 3 rings (SSSR count). The second-order valence-corrected chi connectivity index (χ2v) is 11.4. The first kappa shape index (κ1) is 30.2. The lowest BCUT2D eigenvalue weighted by molar-refractivity contribution is -0.140. The second-order valence-electron chi connectivity index (χ2n) is 11.4. The lowest BCUT2D eigenvalue weighted by Gasteiger charge is -2.37. The summed E-state index contributed by atoms with van der Waals surface area (Å²) in [5, 5.41) is 5.92. The first-order chi connectivity index (χ1) is 18.5. The minimum atomic E-state index is -0.670. The van der Waals surface area contributed by atoms with Crippen molar-refractivity contribution in [2.45, 2.75) is 65.1 Å². The van der Waals surface area contributed by atoms with Crippen LogP contribution in [0.5, 0.6) is 5.75 Å². The number of carbonyl (C=O) groups excluding carboxylic acids is 3. The van der Waals surface area contributed by atoms with Gasteiger partial charge in [0, 0.05) is 31.2 Å². The third kappa shape index (κ3) is 8.05. The minimum Gasteiger partial charge on any atom is -0.497 e. The number of hydrogen-bond donors (Lipinski definition) is 2. The molecule has 0 saturated carbocycles.